The molecular formula is H4NNdO14S4. The standard InChI is InChI=1S/H3N.Nd.2H2O7S2/c;;2*1-8(2,3)7-9(4,5)6/h1H3;;2*(H,1,2,3)(H,4,5,6)/q;+3;;/p-3. The maximum atomic E-state index is 9.29. The van der Waals surface area contributed by atoms with E-state index < -0.39 is 41.6 Å². The zero-order valence-corrected chi connectivity index (χ0v) is 15.3. The van der Waals surface area contributed by atoms with Crippen molar-refractivity contribution >= 4 is 41.6 Å². The first-order valence-corrected chi connectivity index (χ1v) is 8.00. The third-order valence-electron chi connectivity index (χ3n) is 0.333. The Balaban J connectivity index is -0.000000116. The first-order valence-electron chi connectivity index (χ1n) is 2.67. The molecule has 0 aromatic heterocycles. The molecule has 0 amide bonds. The number of hydrogen-bond acceptors (Lipinski definition) is 14. The Morgan fingerprint density at radius 3 is 0.600 bits per heavy atom. The van der Waals surface area contributed by atoms with Gasteiger partial charge in [0.2, 0.25) is 41.6 Å². The Morgan fingerprint density at radius 2 is 0.600 bits per heavy atom. The topological polar surface area (TPSA) is 284 Å². The average molecular weight is 515 g/mol. The van der Waals surface area contributed by atoms with Crippen LogP contribution in [0.25, 0.3) is 0 Å². The van der Waals surface area contributed by atoms with Crippen LogP contribution in [0.4, 0.5) is 0 Å². The average Bonchev–Trinajstić information content (AvgIpc) is 1.64. The van der Waals surface area contributed by atoms with E-state index in [0.717, 1.165) is 0 Å². The Labute approximate surface area is 146 Å². The predicted molar refractivity (Wildman–Crippen MR) is 46.9 cm³/mol. The van der Waals surface area contributed by atoms with Crippen LogP contribution in [0.15, 0.2) is 0 Å². The van der Waals surface area contributed by atoms with Crippen LogP contribution < -0.4 is 6.15 Å². The molecule has 0 heterocycles. The van der Waals surface area contributed by atoms with Crippen molar-refractivity contribution in [1.82, 2.24) is 6.15 Å². The van der Waals surface area contributed by atoms with Gasteiger partial charge >= 0.3 is 40.8 Å². The van der Waals surface area contributed by atoms with Crippen molar-refractivity contribution in [3.63, 3.8) is 0 Å². The minimum Gasteiger partial charge on any atom is -0.725 e. The summed E-state index contributed by atoms with van der Waals surface area (Å²) in [7, 11) is -21.7. The van der Waals surface area contributed by atoms with Gasteiger partial charge in [0.1, 0.15) is 0 Å². The molecule has 0 atom stereocenters. The minimum atomic E-state index is -5.43. The van der Waals surface area contributed by atoms with E-state index in [1.807, 2.05) is 0 Å². The molecule has 0 aliphatic heterocycles. The first kappa shape index (κ1) is 29.0. The third kappa shape index (κ3) is 36.4. The predicted octanol–water partition coefficient (Wildman–Crippen LogP) is -3.78. The summed E-state index contributed by atoms with van der Waals surface area (Å²) in [6.45, 7) is 0. The molecule has 0 bridgehead atoms. The fourth-order valence-electron chi connectivity index (χ4n) is 0.204. The van der Waals surface area contributed by atoms with Gasteiger partial charge in [-0.3, -0.25) is 0 Å². The molecule has 0 aromatic carbocycles. The summed E-state index contributed by atoms with van der Waals surface area (Å²) in [6.07, 6.45) is 0. The van der Waals surface area contributed by atoms with Crippen LogP contribution in [-0.4, -0.2) is 51.9 Å². The van der Waals surface area contributed by atoms with E-state index >= 15 is 0 Å². The van der Waals surface area contributed by atoms with Gasteiger partial charge in [-0.2, -0.15) is 7.26 Å². The number of hydrogen-bond donors (Lipinski definition) is 1. The molecule has 0 spiro atoms. The zero-order chi connectivity index (χ0) is 15.4. The maximum Gasteiger partial charge on any atom is 3.00 e. The molecule has 0 aliphatic carbocycles. The van der Waals surface area contributed by atoms with Crippen LogP contribution in [0.3, 0.4) is 0 Å². The molecule has 0 aliphatic rings. The summed E-state index contributed by atoms with van der Waals surface area (Å²) in [5.41, 5.74) is 0. The summed E-state index contributed by atoms with van der Waals surface area (Å²) in [5.74, 6) is 0. The van der Waals surface area contributed by atoms with E-state index in [2.05, 4.69) is 7.26 Å². The molecule has 0 saturated heterocycles. The molecule has 0 aromatic rings. The third-order valence-corrected chi connectivity index (χ3v) is 3.00. The molecular weight excluding hydrogens is 511 g/mol. The molecule has 20 heavy (non-hydrogen) atoms. The van der Waals surface area contributed by atoms with Gasteiger partial charge in [0.05, 0.1) is 0 Å². The molecule has 0 rings (SSSR count). The van der Waals surface area contributed by atoms with E-state index in [4.69, 9.17) is 0 Å². The van der Waals surface area contributed by atoms with E-state index in [0.29, 0.717) is 0 Å². The molecule has 0 unspecified atom stereocenters. The fraction of sp³-hybridized carbons (Fsp3) is 0. The summed E-state index contributed by atoms with van der Waals surface area (Å²) >= 11 is 0. The SMILES string of the molecule is O=S(=O)([O-])OS(=O)(=O)[O-].O=S(=O)([O-])OS(=O)(=O)[O-].[NH4+].[Nd+3]. The van der Waals surface area contributed by atoms with Crippen LogP contribution in [0.2, 0.25) is 0 Å². The molecule has 20 heteroatoms. The number of rotatable bonds is 4. The van der Waals surface area contributed by atoms with E-state index in [-0.39, 0.29) is 47.0 Å². The van der Waals surface area contributed by atoms with Crippen molar-refractivity contribution in [3.05, 3.63) is 0 Å². The Bertz CT molecular complexity index is 537. The van der Waals surface area contributed by atoms with Crippen LogP contribution in [0, 0.1) is 40.8 Å². The van der Waals surface area contributed by atoms with Crippen molar-refractivity contribution in [3.8, 4) is 0 Å². The van der Waals surface area contributed by atoms with Gasteiger partial charge in [-0.1, -0.05) is 0 Å². The van der Waals surface area contributed by atoms with Crippen LogP contribution in [0.1, 0.15) is 0 Å². The first-order chi connectivity index (χ1) is 7.41. The summed E-state index contributed by atoms with van der Waals surface area (Å²) in [4.78, 5) is 0. The quantitative estimate of drug-likeness (QED) is 0.278. The smallest absolute Gasteiger partial charge is 0.725 e. The number of quaternary nitrogens is 1. The molecule has 0 saturated carbocycles. The largest absolute Gasteiger partial charge is 3.00 e. The van der Waals surface area contributed by atoms with Gasteiger partial charge in [-0.05, 0) is 0 Å². The van der Waals surface area contributed by atoms with Crippen molar-refractivity contribution in [2.45, 2.75) is 0 Å². The van der Waals surface area contributed by atoms with Crippen molar-refractivity contribution in [2.75, 3.05) is 0 Å². The second-order valence-electron chi connectivity index (χ2n) is 1.77. The van der Waals surface area contributed by atoms with Gasteiger partial charge in [0.15, 0.2) is 0 Å². The van der Waals surface area contributed by atoms with Crippen LogP contribution >= 0.6 is 0 Å². The summed E-state index contributed by atoms with van der Waals surface area (Å²) in [6, 6.07) is 0. The van der Waals surface area contributed by atoms with E-state index in [1.165, 1.54) is 0 Å². The van der Waals surface area contributed by atoms with Gasteiger partial charge < -0.3 is 24.4 Å². The summed E-state index contributed by atoms with van der Waals surface area (Å²) < 4.78 is 116. The van der Waals surface area contributed by atoms with Crippen molar-refractivity contribution in [1.29, 1.82) is 0 Å². The molecule has 15 nitrogen and oxygen atoms in total. The van der Waals surface area contributed by atoms with Gasteiger partial charge in [0.25, 0.3) is 0 Å². The minimum absolute atomic E-state index is 0. The molecule has 4 N–H and O–H groups in total. The van der Waals surface area contributed by atoms with Gasteiger partial charge in [0, 0.05) is 0 Å². The van der Waals surface area contributed by atoms with E-state index in [9.17, 15) is 51.9 Å². The van der Waals surface area contributed by atoms with Gasteiger partial charge in [-0.25, -0.2) is 33.7 Å². The van der Waals surface area contributed by atoms with Crippen LogP contribution in [-0.2, 0) is 48.9 Å². The Kier molecular flexibility index (Phi) is 14.2. The molecule has 0 fully saturated rings. The Hall–Kier alpha value is 0.871. The molecule has 121 valence electrons. The van der Waals surface area contributed by atoms with Gasteiger partial charge in [-0.15, -0.1) is 0 Å². The second-order valence-corrected chi connectivity index (χ2v) is 6.12. The van der Waals surface area contributed by atoms with Crippen LogP contribution in [0.5, 0.6) is 0 Å². The molecule has 1 radical (unpaired) electrons. The van der Waals surface area contributed by atoms with Crippen molar-refractivity contribution in [2.24, 2.45) is 0 Å². The fourth-order valence-corrected chi connectivity index (χ4v) is 1.84. The summed E-state index contributed by atoms with van der Waals surface area (Å²) in [5, 5.41) is 0. The monoisotopic (exact) mass is 512 g/mol. The normalized spacial score (nSPS) is 12.2. The Morgan fingerprint density at radius 1 is 0.500 bits per heavy atom. The van der Waals surface area contributed by atoms with E-state index in [1.54, 1.807) is 0 Å². The second kappa shape index (κ2) is 9.80. The van der Waals surface area contributed by atoms with Crippen molar-refractivity contribution < 1.29 is 100.0 Å². The maximum absolute atomic E-state index is 9.29. The zero-order valence-electron chi connectivity index (χ0n) is 8.85.